The van der Waals surface area contributed by atoms with Crippen LogP contribution in [0, 0.1) is 5.92 Å². The first-order chi connectivity index (χ1) is 8.95. The molecule has 1 aliphatic rings. The van der Waals surface area contributed by atoms with Crippen molar-refractivity contribution in [3.05, 3.63) is 11.7 Å². The maximum absolute atomic E-state index is 11.1. The second-order valence-electron chi connectivity index (χ2n) is 5.38. The number of carbonyl (C=O) groups is 1. The lowest BCUT2D eigenvalue weighted by Crippen LogP contribution is -2.35. The summed E-state index contributed by atoms with van der Waals surface area (Å²) in [6.07, 6.45) is 0.357. The number of likely N-dealkylation sites (tertiary alicyclic amines) is 1. The highest BCUT2D eigenvalue weighted by molar-refractivity contribution is 5.73. The molecule has 0 aromatic carbocycles. The summed E-state index contributed by atoms with van der Waals surface area (Å²) in [5, 5.41) is 22.5. The van der Waals surface area contributed by atoms with Crippen LogP contribution in [-0.2, 0) is 17.8 Å². The molecular weight excluding hydrogens is 250 g/mol. The van der Waals surface area contributed by atoms with Crippen molar-refractivity contribution in [2.45, 2.75) is 45.4 Å². The van der Waals surface area contributed by atoms with E-state index in [0.717, 1.165) is 6.42 Å². The molecule has 1 aromatic heterocycles. The third-order valence-electron chi connectivity index (χ3n) is 3.11. The fourth-order valence-corrected chi connectivity index (χ4v) is 2.29. The smallest absolute Gasteiger partial charge is 0.321 e. The van der Waals surface area contributed by atoms with Gasteiger partial charge in [-0.15, -0.1) is 0 Å². The van der Waals surface area contributed by atoms with Crippen molar-refractivity contribution in [2.24, 2.45) is 5.92 Å². The highest BCUT2D eigenvalue weighted by atomic mass is 16.5. The van der Waals surface area contributed by atoms with E-state index in [1.807, 2.05) is 0 Å². The van der Waals surface area contributed by atoms with Gasteiger partial charge in [0.25, 0.3) is 0 Å². The zero-order chi connectivity index (χ0) is 14.0. The number of β-amino-alcohol motifs (C(OH)–C–C–N with tert-alkyl or cyclic N) is 1. The van der Waals surface area contributed by atoms with Gasteiger partial charge in [-0.1, -0.05) is 19.0 Å². The zero-order valence-corrected chi connectivity index (χ0v) is 11.1. The van der Waals surface area contributed by atoms with Crippen LogP contribution in [0.5, 0.6) is 0 Å². The SMILES string of the molecule is CC(C)Cc1noc(CN2CC(O)CC2C(=O)O)n1. The van der Waals surface area contributed by atoms with Gasteiger partial charge < -0.3 is 14.7 Å². The quantitative estimate of drug-likeness (QED) is 0.792. The third-order valence-corrected chi connectivity index (χ3v) is 3.11. The van der Waals surface area contributed by atoms with Crippen LogP contribution in [0.1, 0.15) is 32.0 Å². The van der Waals surface area contributed by atoms with E-state index >= 15 is 0 Å². The largest absolute Gasteiger partial charge is 0.480 e. The second-order valence-corrected chi connectivity index (χ2v) is 5.38. The molecule has 1 fully saturated rings. The Morgan fingerprint density at radius 1 is 1.58 bits per heavy atom. The van der Waals surface area contributed by atoms with Gasteiger partial charge in [0.1, 0.15) is 6.04 Å². The summed E-state index contributed by atoms with van der Waals surface area (Å²) in [6.45, 7) is 4.71. The number of hydrogen-bond donors (Lipinski definition) is 2. The lowest BCUT2D eigenvalue weighted by Gasteiger charge is -2.17. The van der Waals surface area contributed by atoms with Crippen molar-refractivity contribution in [3.8, 4) is 0 Å². The van der Waals surface area contributed by atoms with Gasteiger partial charge in [0.15, 0.2) is 5.82 Å². The van der Waals surface area contributed by atoms with E-state index in [0.29, 0.717) is 24.2 Å². The van der Waals surface area contributed by atoms with Crippen molar-refractivity contribution in [2.75, 3.05) is 6.54 Å². The summed E-state index contributed by atoms with van der Waals surface area (Å²) in [5.41, 5.74) is 0. The molecule has 7 heteroatoms. The Bertz CT molecular complexity index is 446. The summed E-state index contributed by atoms with van der Waals surface area (Å²) in [5.74, 6) is 0.539. The van der Waals surface area contributed by atoms with Crippen molar-refractivity contribution in [1.82, 2.24) is 15.0 Å². The van der Waals surface area contributed by atoms with Gasteiger partial charge in [-0.05, 0) is 5.92 Å². The molecular formula is C12H19N3O4. The molecule has 1 aromatic rings. The number of aromatic nitrogens is 2. The summed E-state index contributed by atoms with van der Waals surface area (Å²) < 4.78 is 5.11. The number of nitrogens with zero attached hydrogens (tertiary/aromatic N) is 3. The lowest BCUT2D eigenvalue weighted by atomic mass is 10.1. The van der Waals surface area contributed by atoms with Gasteiger partial charge in [-0.25, -0.2) is 0 Å². The number of aliphatic hydroxyl groups excluding tert-OH is 1. The number of carboxylic acids is 1. The predicted molar refractivity (Wildman–Crippen MR) is 65.3 cm³/mol. The van der Waals surface area contributed by atoms with Crippen molar-refractivity contribution < 1.29 is 19.5 Å². The zero-order valence-electron chi connectivity index (χ0n) is 11.1. The third kappa shape index (κ3) is 3.51. The molecule has 2 heterocycles. The Balaban J connectivity index is 2.00. The highest BCUT2D eigenvalue weighted by Gasteiger charge is 2.36. The monoisotopic (exact) mass is 269 g/mol. The van der Waals surface area contributed by atoms with Crippen LogP contribution in [0.15, 0.2) is 4.52 Å². The first kappa shape index (κ1) is 14.0. The molecule has 0 bridgehead atoms. The van der Waals surface area contributed by atoms with Crippen LogP contribution in [0.4, 0.5) is 0 Å². The molecule has 2 unspecified atom stereocenters. The van der Waals surface area contributed by atoms with E-state index in [2.05, 4.69) is 24.0 Å². The van der Waals surface area contributed by atoms with E-state index in [9.17, 15) is 9.90 Å². The van der Waals surface area contributed by atoms with Crippen molar-refractivity contribution in [1.29, 1.82) is 0 Å². The van der Waals surface area contributed by atoms with Crippen LogP contribution in [0.25, 0.3) is 0 Å². The average Bonchev–Trinajstić information content (AvgIpc) is 2.85. The Kier molecular flexibility index (Phi) is 4.16. The van der Waals surface area contributed by atoms with Gasteiger partial charge in [0.2, 0.25) is 5.89 Å². The molecule has 0 amide bonds. The first-order valence-electron chi connectivity index (χ1n) is 6.42. The molecule has 0 radical (unpaired) electrons. The Labute approximate surface area is 111 Å². The molecule has 0 aliphatic carbocycles. The number of hydrogen-bond acceptors (Lipinski definition) is 6. The topological polar surface area (TPSA) is 99.7 Å². The number of rotatable bonds is 5. The van der Waals surface area contributed by atoms with E-state index in [4.69, 9.17) is 9.63 Å². The first-order valence-corrected chi connectivity index (χ1v) is 6.42. The van der Waals surface area contributed by atoms with Crippen molar-refractivity contribution >= 4 is 5.97 Å². The standard InChI is InChI=1S/C12H19N3O4/c1-7(2)3-10-13-11(19-14-10)6-15-5-8(16)4-9(15)12(17)18/h7-9,16H,3-6H2,1-2H3,(H,17,18). The van der Waals surface area contributed by atoms with Gasteiger partial charge in [-0.3, -0.25) is 9.69 Å². The summed E-state index contributed by atoms with van der Waals surface area (Å²) in [4.78, 5) is 17.0. The molecule has 19 heavy (non-hydrogen) atoms. The molecule has 1 saturated heterocycles. The van der Waals surface area contributed by atoms with E-state index in [1.165, 1.54) is 0 Å². The van der Waals surface area contributed by atoms with Gasteiger partial charge in [0, 0.05) is 19.4 Å². The van der Waals surface area contributed by atoms with Crippen LogP contribution < -0.4 is 0 Å². The predicted octanol–water partition coefficient (Wildman–Crippen LogP) is 0.288. The molecule has 0 saturated carbocycles. The Hall–Kier alpha value is -1.47. The van der Waals surface area contributed by atoms with E-state index in [1.54, 1.807) is 4.90 Å². The fourth-order valence-electron chi connectivity index (χ4n) is 2.29. The summed E-state index contributed by atoms with van der Waals surface area (Å²) >= 11 is 0. The molecule has 7 nitrogen and oxygen atoms in total. The maximum Gasteiger partial charge on any atom is 0.321 e. The number of aliphatic hydroxyl groups is 1. The minimum Gasteiger partial charge on any atom is -0.480 e. The minimum absolute atomic E-state index is 0.238. The fraction of sp³-hybridized carbons (Fsp3) is 0.750. The number of aliphatic carboxylic acids is 1. The number of carboxylic acid groups (broad SMARTS) is 1. The van der Waals surface area contributed by atoms with E-state index < -0.39 is 18.1 Å². The normalized spacial score (nSPS) is 24.2. The van der Waals surface area contributed by atoms with Crippen molar-refractivity contribution in [3.63, 3.8) is 0 Å². The molecule has 2 rings (SSSR count). The lowest BCUT2D eigenvalue weighted by molar-refractivity contribution is -0.142. The molecule has 0 spiro atoms. The highest BCUT2D eigenvalue weighted by Crippen LogP contribution is 2.20. The van der Waals surface area contributed by atoms with E-state index in [-0.39, 0.29) is 13.0 Å². The van der Waals surface area contributed by atoms with Crippen LogP contribution in [0.2, 0.25) is 0 Å². The van der Waals surface area contributed by atoms with Gasteiger partial charge >= 0.3 is 5.97 Å². The van der Waals surface area contributed by atoms with Crippen LogP contribution in [-0.4, -0.2) is 49.9 Å². The van der Waals surface area contributed by atoms with Gasteiger partial charge in [0.05, 0.1) is 12.6 Å². The molecule has 2 atom stereocenters. The second kappa shape index (κ2) is 5.66. The summed E-state index contributed by atoms with van der Waals surface area (Å²) in [6, 6.07) is -0.685. The molecule has 106 valence electrons. The average molecular weight is 269 g/mol. The van der Waals surface area contributed by atoms with Crippen LogP contribution >= 0.6 is 0 Å². The maximum atomic E-state index is 11.1. The Morgan fingerprint density at radius 3 is 2.95 bits per heavy atom. The minimum atomic E-state index is -0.932. The molecule has 2 N–H and O–H groups in total. The Morgan fingerprint density at radius 2 is 2.32 bits per heavy atom. The van der Waals surface area contributed by atoms with Gasteiger partial charge in [-0.2, -0.15) is 4.98 Å². The van der Waals surface area contributed by atoms with Crippen LogP contribution in [0.3, 0.4) is 0 Å². The molecule has 1 aliphatic heterocycles. The summed E-state index contributed by atoms with van der Waals surface area (Å²) in [7, 11) is 0.